The first kappa shape index (κ1) is 14.1. The number of alkyl carbamates (subject to hydrolysis) is 1. The van der Waals surface area contributed by atoms with Crippen molar-refractivity contribution in [3.63, 3.8) is 0 Å². The minimum Gasteiger partial charge on any atom is -0.449 e. The summed E-state index contributed by atoms with van der Waals surface area (Å²) in [5.41, 5.74) is 0.868. The summed E-state index contributed by atoms with van der Waals surface area (Å²) in [5.74, 6) is 0. The third kappa shape index (κ3) is 3.05. The van der Waals surface area contributed by atoms with Crippen LogP contribution in [0, 0.1) is 5.41 Å². The van der Waals surface area contributed by atoms with Gasteiger partial charge in [-0.1, -0.05) is 37.6 Å². The van der Waals surface area contributed by atoms with Crippen LogP contribution in [0.15, 0.2) is 24.3 Å². The fraction of sp³-hybridized carbons (Fsp3) is 0.417. The number of halogens is 2. The Morgan fingerprint density at radius 3 is 2.82 bits per heavy atom. The van der Waals surface area contributed by atoms with Gasteiger partial charge in [0.25, 0.3) is 0 Å². The van der Waals surface area contributed by atoms with Crippen LogP contribution < -0.4 is 5.32 Å². The molecule has 0 saturated carbocycles. The van der Waals surface area contributed by atoms with Gasteiger partial charge in [0.15, 0.2) is 0 Å². The van der Waals surface area contributed by atoms with Crippen molar-refractivity contribution >= 4 is 30.1 Å². The first-order chi connectivity index (χ1) is 7.49. The fourth-order valence-electron chi connectivity index (χ4n) is 1.91. The fourth-order valence-corrected chi connectivity index (χ4v) is 2.11. The zero-order valence-electron chi connectivity index (χ0n) is 9.70. The minimum absolute atomic E-state index is 0. The van der Waals surface area contributed by atoms with Gasteiger partial charge in [0.1, 0.15) is 6.61 Å². The lowest BCUT2D eigenvalue weighted by atomic mass is 9.80. The molecule has 0 aromatic heterocycles. The molecule has 1 fully saturated rings. The van der Waals surface area contributed by atoms with Gasteiger partial charge in [-0.3, -0.25) is 0 Å². The van der Waals surface area contributed by atoms with Crippen LogP contribution in [-0.2, 0) is 4.74 Å². The lowest BCUT2D eigenvalue weighted by molar-refractivity contribution is 0.0387. The quantitative estimate of drug-likeness (QED) is 0.851. The van der Waals surface area contributed by atoms with Crippen molar-refractivity contribution in [1.29, 1.82) is 0 Å². The molecule has 0 bridgehead atoms. The Bertz CT molecular complexity index is 421. The highest BCUT2D eigenvalue weighted by molar-refractivity contribution is 6.30. The third-order valence-electron chi connectivity index (χ3n) is 2.80. The molecule has 1 N–H and O–H groups in total. The average Bonchev–Trinajstić information content (AvgIpc) is 2.22. The van der Waals surface area contributed by atoms with Crippen molar-refractivity contribution in [3.8, 4) is 0 Å². The SMILES string of the molecule is CC1(C)COC(=O)N[C@H]1c1cccc(Cl)c1.Cl. The van der Waals surface area contributed by atoms with Crippen LogP contribution in [0.4, 0.5) is 4.79 Å². The number of benzene rings is 1. The molecule has 3 nitrogen and oxygen atoms in total. The highest BCUT2D eigenvalue weighted by Crippen LogP contribution is 2.36. The van der Waals surface area contributed by atoms with Crippen molar-refractivity contribution in [2.75, 3.05) is 6.61 Å². The van der Waals surface area contributed by atoms with Gasteiger partial charge < -0.3 is 10.1 Å². The van der Waals surface area contributed by atoms with E-state index < -0.39 is 0 Å². The Labute approximate surface area is 112 Å². The molecule has 1 saturated heterocycles. The molecule has 2 rings (SSSR count). The minimum atomic E-state index is -0.371. The van der Waals surface area contributed by atoms with Crippen molar-refractivity contribution in [3.05, 3.63) is 34.9 Å². The van der Waals surface area contributed by atoms with Gasteiger partial charge in [-0.05, 0) is 17.7 Å². The molecule has 1 aromatic carbocycles. The maximum Gasteiger partial charge on any atom is 0.407 e. The third-order valence-corrected chi connectivity index (χ3v) is 3.04. The van der Waals surface area contributed by atoms with Crippen LogP contribution in [0.5, 0.6) is 0 Å². The van der Waals surface area contributed by atoms with Crippen molar-refractivity contribution in [2.24, 2.45) is 5.41 Å². The van der Waals surface area contributed by atoms with E-state index in [1.165, 1.54) is 0 Å². The summed E-state index contributed by atoms with van der Waals surface area (Å²) in [6.45, 7) is 4.52. The molecule has 0 unspecified atom stereocenters. The smallest absolute Gasteiger partial charge is 0.407 e. The predicted octanol–water partition coefficient (Wildman–Crippen LogP) is 3.57. The molecule has 1 aliphatic heterocycles. The van der Waals surface area contributed by atoms with Gasteiger partial charge in [0.05, 0.1) is 6.04 Å². The second-order valence-electron chi connectivity index (χ2n) is 4.70. The van der Waals surface area contributed by atoms with Crippen LogP contribution in [0.2, 0.25) is 5.02 Å². The molecule has 1 atom stereocenters. The molecule has 1 aromatic rings. The molecule has 94 valence electrons. The molecule has 1 aliphatic rings. The van der Waals surface area contributed by atoms with E-state index in [1.54, 1.807) is 0 Å². The summed E-state index contributed by atoms with van der Waals surface area (Å²) in [7, 11) is 0. The number of hydrogen-bond acceptors (Lipinski definition) is 2. The van der Waals surface area contributed by atoms with Crippen molar-refractivity contribution in [1.82, 2.24) is 5.32 Å². The molecular formula is C12H15Cl2NO2. The Morgan fingerprint density at radius 1 is 1.47 bits per heavy atom. The Balaban J connectivity index is 0.00000144. The number of nitrogens with one attached hydrogen (secondary N) is 1. The van der Waals surface area contributed by atoms with Gasteiger partial charge in [-0.25, -0.2) is 4.79 Å². The van der Waals surface area contributed by atoms with Crippen LogP contribution in [0.25, 0.3) is 0 Å². The zero-order chi connectivity index (χ0) is 11.8. The lowest BCUT2D eigenvalue weighted by Crippen LogP contribution is -2.46. The van der Waals surface area contributed by atoms with Crippen molar-refractivity contribution in [2.45, 2.75) is 19.9 Å². The predicted molar refractivity (Wildman–Crippen MR) is 69.7 cm³/mol. The van der Waals surface area contributed by atoms with E-state index in [2.05, 4.69) is 19.2 Å². The average molecular weight is 276 g/mol. The van der Waals surface area contributed by atoms with E-state index in [1.807, 2.05) is 24.3 Å². The molecule has 5 heteroatoms. The number of cyclic esters (lactones) is 1. The first-order valence-electron chi connectivity index (χ1n) is 5.18. The standard InChI is InChI=1S/C12H14ClNO2.ClH/c1-12(2)7-16-11(15)14-10(12)8-4-3-5-9(13)6-8;/h3-6,10H,7H2,1-2H3,(H,14,15);1H/t10-;/m0./s1. The number of ether oxygens (including phenoxy) is 1. The van der Waals surface area contributed by atoms with E-state index in [-0.39, 0.29) is 30.0 Å². The van der Waals surface area contributed by atoms with Gasteiger partial charge >= 0.3 is 6.09 Å². The largest absolute Gasteiger partial charge is 0.449 e. The summed E-state index contributed by atoms with van der Waals surface area (Å²) in [5, 5.41) is 3.51. The summed E-state index contributed by atoms with van der Waals surface area (Å²) in [4.78, 5) is 11.3. The highest BCUT2D eigenvalue weighted by Gasteiger charge is 2.37. The maximum atomic E-state index is 11.3. The van der Waals surface area contributed by atoms with Crippen LogP contribution >= 0.6 is 24.0 Å². The van der Waals surface area contributed by atoms with Crippen LogP contribution in [-0.4, -0.2) is 12.7 Å². The maximum absolute atomic E-state index is 11.3. The number of carbonyl (C=O) groups excluding carboxylic acids is 1. The van der Waals surface area contributed by atoms with Gasteiger partial charge in [0.2, 0.25) is 0 Å². The molecule has 0 radical (unpaired) electrons. The van der Waals surface area contributed by atoms with Gasteiger partial charge in [0, 0.05) is 10.4 Å². The molecular weight excluding hydrogens is 261 g/mol. The number of carbonyl (C=O) groups is 1. The summed E-state index contributed by atoms with van der Waals surface area (Å²) < 4.78 is 4.99. The first-order valence-corrected chi connectivity index (χ1v) is 5.55. The highest BCUT2D eigenvalue weighted by atomic mass is 35.5. The normalized spacial score (nSPS) is 22.1. The Kier molecular flexibility index (Phi) is 4.28. The van der Waals surface area contributed by atoms with Crippen LogP contribution in [0.1, 0.15) is 25.5 Å². The van der Waals surface area contributed by atoms with Crippen LogP contribution in [0.3, 0.4) is 0 Å². The monoisotopic (exact) mass is 275 g/mol. The molecule has 0 aliphatic carbocycles. The second kappa shape index (κ2) is 5.15. The second-order valence-corrected chi connectivity index (χ2v) is 5.13. The molecule has 1 heterocycles. The van der Waals surface area contributed by atoms with E-state index in [0.29, 0.717) is 11.6 Å². The van der Waals surface area contributed by atoms with E-state index in [4.69, 9.17) is 16.3 Å². The molecule has 0 spiro atoms. The lowest BCUT2D eigenvalue weighted by Gasteiger charge is -2.38. The number of hydrogen-bond donors (Lipinski definition) is 1. The van der Waals surface area contributed by atoms with E-state index in [0.717, 1.165) is 5.56 Å². The number of amides is 1. The summed E-state index contributed by atoms with van der Waals surface area (Å²) in [6.07, 6.45) is -0.371. The molecule has 1 amide bonds. The topological polar surface area (TPSA) is 38.3 Å². The van der Waals surface area contributed by atoms with E-state index in [9.17, 15) is 4.79 Å². The zero-order valence-corrected chi connectivity index (χ0v) is 11.3. The summed E-state index contributed by atoms with van der Waals surface area (Å²) in [6, 6.07) is 7.48. The summed E-state index contributed by atoms with van der Waals surface area (Å²) >= 11 is 5.95. The number of rotatable bonds is 1. The van der Waals surface area contributed by atoms with Crippen molar-refractivity contribution < 1.29 is 9.53 Å². The van der Waals surface area contributed by atoms with Gasteiger partial charge in [-0.2, -0.15) is 0 Å². The Morgan fingerprint density at radius 2 is 2.18 bits per heavy atom. The van der Waals surface area contributed by atoms with E-state index >= 15 is 0 Å². The van der Waals surface area contributed by atoms with Gasteiger partial charge in [-0.15, -0.1) is 12.4 Å². The molecule has 17 heavy (non-hydrogen) atoms. The Hall–Kier alpha value is -0.930.